The van der Waals surface area contributed by atoms with Crippen LogP contribution in [0.1, 0.15) is 43.4 Å². The predicted octanol–water partition coefficient (Wildman–Crippen LogP) is 5.20. The van der Waals surface area contributed by atoms with Gasteiger partial charge in [-0.2, -0.15) is 0 Å². The maximum Gasteiger partial charge on any atom is 0.269 e. The molecule has 1 aliphatic heterocycles. The number of hydrogen-bond donors (Lipinski definition) is 0. The van der Waals surface area contributed by atoms with Gasteiger partial charge in [-0.25, -0.2) is 0 Å². The first-order chi connectivity index (χ1) is 15.8. The van der Waals surface area contributed by atoms with Gasteiger partial charge < -0.3 is 0 Å². The highest BCUT2D eigenvalue weighted by Gasteiger charge is 2.48. The van der Waals surface area contributed by atoms with Crippen LogP contribution in [-0.4, -0.2) is 35.0 Å². The zero-order valence-electron chi connectivity index (χ0n) is 18.9. The largest absolute Gasteiger partial charge is 0.298 e. The number of benzene rings is 3. The summed E-state index contributed by atoms with van der Waals surface area (Å²) in [4.78, 5) is 40.3. The summed E-state index contributed by atoms with van der Waals surface area (Å²) < 4.78 is 0. The molecule has 0 aromatic heterocycles. The van der Waals surface area contributed by atoms with Gasteiger partial charge in [0.15, 0.2) is 11.6 Å². The summed E-state index contributed by atoms with van der Waals surface area (Å²) in [6, 6.07) is 20.6. The molecule has 0 saturated carbocycles. The van der Waals surface area contributed by atoms with Crippen LogP contribution in [0.2, 0.25) is 0 Å². The van der Waals surface area contributed by atoms with Gasteiger partial charge in [0.25, 0.3) is 5.69 Å². The lowest BCUT2D eigenvalue weighted by molar-refractivity contribution is -0.385. The normalized spacial score (nSPS) is 20.5. The number of ketones is 2. The highest BCUT2D eigenvalue weighted by atomic mass is 16.6. The Morgan fingerprint density at radius 3 is 1.97 bits per heavy atom. The van der Waals surface area contributed by atoms with Gasteiger partial charge in [0.2, 0.25) is 0 Å². The van der Waals surface area contributed by atoms with Crippen molar-refractivity contribution >= 4 is 17.3 Å². The number of Topliss-reactive ketones (excluding diaryl/α,β-unsaturated/α-hetero) is 2. The minimum atomic E-state index is -0.659. The van der Waals surface area contributed by atoms with Crippen molar-refractivity contribution in [3.63, 3.8) is 0 Å². The fourth-order valence-electron chi connectivity index (χ4n) is 4.73. The van der Waals surface area contributed by atoms with Gasteiger partial charge in [0.05, 0.1) is 10.8 Å². The zero-order valence-corrected chi connectivity index (χ0v) is 18.9. The van der Waals surface area contributed by atoms with Gasteiger partial charge in [0, 0.05) is 41.8 Å². The van der Waals surface area contributed by atoms with Crippen LogP contribution in [0, 0.1) is 35.8 Å². The van der Waals surface area contributed by atoms with E-state index in [4.69, 9.17) is 0 Å². The van der Waals surface area contributed by atoms with Crippen LogP contribution in [0.15, 0.2) is 72.8 Å². The van der Waals surface area contributed by atoms with E-state index in [1.54, 1.807) is 36.4 Å². The summed E-state index contributed by atoms with van der Waals surface area (Å²) >= 11 is 0. The fraction of sp³-hybridized carbons (Fsp3) is 0.259. The average molecular weight is 443 g/mol. The van der Waals surface area contributed by atoms with E-state index >= 15 is 0 Å². The first-order valence-corrected chi connectivity index (χ1v) is 10.9. The van der Waals surface area contributed by atoms with E-state index in [0.29, 0.717) is 23.2 Å². The second-order valence-corrected chi connectivity index (χ2v) is 8.83. The second kappa shape index (κ2) is 9.08. The lowest BCUT2D eigenvalue weighted by Gasteiger charge is -2.26. The molecule has 168 valence electrons. The molecule has 4 rings (SSSR count). The molecule has 0 N–H and O–H groups in total. The van der Waals surface area contributed by atoms with Gasteiger partial charge in [-0.15, -0.1) is 0 Å². The van der Waals surface area contributed by atoms with E-state index in [2.05, 4.69) is 0 Å². The van der Waals surface area contributed by atoms with Crippen molar-refractivity contribution in [3.8, 4) is 0 Å². The topological polar surface area (TPSA) is 80.5 Å². The SMILES string of the molecule is Cc1ccc(C(=O)[C@@H]2[C@@H](c3cccc([N+](=O)[O-])c3)N(C)C[C@H]2C(=O)c2ccc(C)cc2)cc1. The van der Waals surface area contributed by atoms with Crippen molar-refractivity contribution in [2.75, 3.05) is 13.6 Å². The Labute approximate surface area is 193 Å². The highest BCUT2D eigenvalue weighted by Crippen LogP contribution is 2.43. The van der Waals surface area contributed by atoms with Crippen molar-refractivity contribution in [2.45, 2.75) is 19.9 Å². The number of nitro benzene ring substituents is 1. The number of carbonyl (C=O) groups is 2. The molecule has 0 bridgehead atoms. The van der Waals surface area contributed by atoms with E-state index in [1.807, 2.05) is 50.1 Å². The molecule has 6 heteroatoms. The standard InChI is InChI=1S/C27H26N2O4/c1-17-7-11-19(12-8-17)26(30)23-16-28(3)25(21-5-4-6-22(15-21)29(32)33)24(23)27(31)20-13-9-18(2)10-14-20/h4-15,23-25H,16H2,1-3H3/t23-,24+,25-/m1/s1. The zero-order chi connectivity index (χ0) is 23.7. The molecular weight excluding hydrogens is 416 g/mol. The first-order valence-electron chi connectivity index (χ1n) is 10.9. The van der Waals surface area contributed by atoms with E-state index in [1.165, 1.54) is 12.1 Å². The van der Waals surface area contributed by atoms with Crippen molar-refractivity contribution in [3.05, 3.63) is 111 Å². The van der Waals surface area contributed by atoms with Crippen LogP contribution in [0.4, 0.5) is 5.69 Å². The van der Waals surface area contributed by atoms with Gasteiger partial charge in [-0.1, -0.05) is 71.8 Å². The fourth-order valence-corrected chi connectivity index (χ4v) is 4.73. The van der Waals surface area contributed by atoms with Gasteiger partial charge in [-0.05, 0) is 26.5 Å². The highest BCUT2D eigenvalue weighted by molar-refractivity contribution is 6.06. The van der Waals surface area contributed by atoms with Crippen LogP contribution >= 0.6 is 0 Å². The number of non-ortho nitro benzene ring substituents is 1. The minimum Gasteiger partial charge on any atom is -0.298 e. The number of carbonyl (C=O) groups excluding carboxylic acids is 2. The monoisotopic (exact) mass is 442 g/mol. The van der Waals surface area contributed by atoms with E-state index in [0.717, 1.165) is 11.1 Å². The Kier molecular flexibility index (Phi) is 6.20. The van der Waals surface area contributed by atoms with Crippen molar-refractivity contribution in [1.29, 1.82) is 0 Å². The number of hydrogen-bond acceptors (Lipinski definition) is 5. The number of likely N-dealkylation sites (tertiary alicyclic amines) is 1. The van der Waals surface area contributed by atoms with Gasteiger partial charge in [-0.3, -0.25) is 24.6 Å². The average Bonchev–Trinajstić information content (AvgIpc) is 3.16. The van der Waals surface area contributed by atoms with E-state index in [-0.39, 0.29) is 17.3 Å². The molecule has 1 saturated heterocycles. The number of nitro groups is 1. The maximum absolute atomic E-state index is 13.8. The van der Waals surface area contributed by atoms with Crippen LogP contribution in [-0.2, 0) is 0 Å². The van der Waals surface area contributed by atoms with Crippen LogP contribution in [0.25, 0.3) is 0 Å². The smallest absolute Gasteiger partial charge is 0.269 e. The number of nitrogens with zero attached hydrogens (tertiary/aromatic N) is 2. The molecule has 33 heavy (non-hydrogen) atoms. The van der Waals surface area contributed by atoms with Crippen molar-refractivity contribution in [1.82, 2.24) is 4.90 Å². The summed E-state index contributed by atoms with van der Waals surface area (Å²) in [5.41, 5.74) is 3.83. The Balaban J connectivity index is 1.79. The van der Waals surface area contributed by atoms with Gasteiger partial charge in [0.1, 0.15) is 0 Å². The van der Waals surface area contributed by atoms with E-state index in [9.17, 15) is 19.7 Å². The molecule has 0 spiro atoms. The Morgan fingerprint density at radius 2 is 1.42 bits per heavy atom. The molecule has 3 aromatic rings. The van der Waals surface area contributed by atoms with Crippen molar-refractivity contribution < 1.29 is 14.5 Å². The number of aryl methyl sites for hydroxylation is 2. The molecule has 6 nitrogen and oxygen atoms in total. The molecule has 0 radical (unpaired) electrons. The Bertz CT molecular complexity index is 1200. The third kappa shape index (κ3) is 4.47. The third-order valence-electron chi connectivity index (χ3n) is 6.47. The minimum absolute atomic E-state index is 0.0317. The lowest BCUT2D eigenvalue weighted by atomic mass is 9.78. The molecule has 0 unspecified atom stereocenters. The third-order valence-corrected chi connectivity index (χ3v) is 6.47. The first kappa shape index (κ1) is 22.6. The Morgan fingerprint density at radius 1 is 0.879 bits per heavy atom. The van der Waals surface area contributed by atoms with E-state index < -0.39 is 22.8 Å². The second-order valence-electron chi connectivity index (χ2n) is 8.83. The molecule has 1 fully saturated rings. The van der Waals surface area contributed by atoms with Crippen molar-refractivity contribution in [2.24, 2.45) is 11.8 Å². The van der Waals surface area contributed by atoms with Crippen LogP contribution in [0.5, 0.6) is 0 Å². The molecule has 3 atom stereocenters. The molecular formula is C27H26N2O4. The Hall–Kier alpha value is -3.64. The van der Waals surface area contributed by atoms with Gasteiger partial charge >= 0.3 is 0 Å². The van der Waals surface area contributed by atoms with Crippen LogP contribution in [0.3, 0.4) is 0 Å². The summed E-state index contributed by atoms with van der Waals surface area (Å²) in [5.74, 6) is -1.43. The lowest BCUT2D eigenvalue weighted by Crippen LogP contribution is -2.30. The summed E-state index contributed by atoms with van der Waals surface area (Å²) in [6.45, 7) is 4.30. The molecule has 0 amide bonds. The summed E-state index contributed by atoms with van der Waals surface area (Å²) in [5, 5.41) is 11.4. The number of rotatable bonds is 6. The molecule has 1 aliphatic rings. The molecule has 1 heterocycles. The predicted molar refractivity (Wildman–Crippen MR) is 126 cm³/mol. The summed E-state index contributed by atoms with van der Waals surface area (Å²) in [6.07, 6.45) is 0. The molecule has 3 aromatic carbocycles. The summed E-state index contributed by atoms with van der Waals surface area (Å²) in [7, 11) is 1.86. The molecule has 0 aliphatic carbocycles. The quantitative estimate of drug-likeness (QED) is 0.298. The maximum atomic E-state index is 13.8. The van der Waals surface area contributed by atoms with Crippen LogP contribution < -0.4 is 0 Å².